The summed E-state index contributed by atoms with van der Waals surface area (Å²) in [5.74, 6) is 4.43. The lowest BCUT2D eigenvalue weighted by Crippen LogP contribution is -1.94. The summed E-state index contributed by atoms with van der Waals surface area (Å²) in [6.45, 7) is 3.88. The van der Waals surface area contributed by atoms with Crippen LogP contribution in [-0.2, 0) is 9.53 Å². The van der Waals surface area contributed by atoms with E-state index in [0.717, 1.165) is 10.6 Å². The Labute approximate surface area is 80.8 Å². The van der Waals surface area contributed by atoms with E-state index in [1.165, 1.54) is 18.4 Å². The predicted molar refractivity (Wildman–Crippen MR) is 50.5 cm³/mol. The third kappa shape index (κ3) is 2.56. The van der Waals surface area contributed by atoms with Gasteiger partial charge in [-0.2, -0.15) is 0 Å². The van der Waals surface area contributed by atoms with Crippen molar-refractivity contribution in [3.05, 3.63) is 15.6 Å². The first-order chi connectivity index (χ1) is 6.13. The molecule has 0 aliphatic carbocycles. The van der Waals surface area contributed by atoms with Crippen LogP contribution in [0.5, 0.6) is 0 Å². The number of esters is 1. The molecule has 4 heteroatoms. The van der Waals surface area contributed by atoms with Gasteiger partial charge in [-0.05, 0) is 19.8 Å². The van der Waals surface area contributed by atoms with Crippen molar-refractivity contribution in [2.45, 2.75) is 13.8 Å². The first kappa shape index (κ1) is 9.75. The molecule has 13 heavy (non-hydrogen) atoms. The summed E-state index contributed by atoms with van der Waals surface area (Å²) in [6.07, 6.45) is 0. The van der Waals surface area contributed by atoms with Gasteiger partial charge in [0.2, 0.25) is 0 Å². The lowest BCUT2D eigenvalue weighted by molar-refractivity contribution is -0.133. The Morgan fingerprint density at radius 3 is 2.69 bits per heavy atom. The number of aromatic nitrogens is 1. The highest BCUT2D eigenvalue weighted by atomic mass is 32.1. The molecule has 0 spiro atoms. The number of nitrogens with zero attached hydrogens (tertiary/aromatic N) is 1. The van der Waals surface area contributed by atoms with Gasteiger partial charge in [0.15, 0.2) is 5.01 Å². The summed E-state index contributed by atoms with van der Waals surface area (Å²) >= 11 is 1.47. The van der Waals surface area contributed by atoms with E-state index in [-0.39, 0.29) is 0 Å². The summed E-state index contributed by atoms with van der Waals surface area (Å²) in [5, 5.41) is 0.653. The van der Waals surface area contributed by atoms with Gasteiger partial charge in [0.1, 0.15) is 0 Å². The van der Waals surface area contributed by atoms with Gasteiger partial charge in [0.25, 0.3) is 0 Å². The van der Waals surface area contributed by atoms with Gasteiger partial charge in [0, 0.05) is 10.8 Å². The monoisotopic (exact) mass is 195 g/mol. The zero-order valence-electron chi connectivity index (χ0n) is 7.67. The quantitative estimate of drug-likeness (QED) is 0.462. The summed E-state index contributed by atoms with van der Waals surface area (Å²) < 4.78 is 4.37. The van der Waals surface area contributed by atoms with Crippen LogP contribution >= 0.6 is 11.3 Å². The van der Waals surface area contributed by atoms with Crippen molar-refractivity contribution < 1.29 is 9.53 Å². The number of ether oxygens (including phenoxy) is 1. The van der Waals surface area contributed by atoms with Crippen LogP contribution in [0.1, 0.15) is 15.6 Å². The van der Waals surface area contributed by atoms with Crippen LogP contribution in [0.3, 0.4) is 0 Å². The third-order valence-electron chi connectivity index (χ3n) is 1.49. The average molecular weight is 195 g/mol. The maximum absolute atomic E-state index is 10.7. The lowest BCUT2D eigenvalue weighted by atomic mass is 10.4. The van der Waals surface area contributed by atoms with Crippen LogP contribution in [0.4, 0.5) is 0 Å². The van der Waals surface area contributed by atoms with E-state index in [0.29, 0.717) is 5.01 Å². The zero-order valence-corrected chi connectivity index (χ0v) is 8.49. The van der Waals surface area contributed by atoms with Gasteiger partial charge in [-0.3, -0.25) is 0 Å². The maximum Gasteiger partial charge on any atom is 0.384 e. The summed E-state index contributed by atoms with van der Waals surface area (Å²) in [5.41, 5.74) is 0.958. The second-order valence-electron chi connectivity index (χ2n) is 2.40. The number of thiazole rings is 1. The fourth-order valence-electron chi connectivity index (χ4n) is 0.682. The van der Waals surface area contributed by atoms with Gasteiger partial charge in [0.05, 0.1) is 12.8 Å². The van der Waals surface area contributed by atoms with E-state index in [2.05, 4.69) is 21.6 Å². The molecule has 0 aliphatic rings. The molecule has 0 aliphatic heterocycles. The Kier molecular flexibility index (Phi) is 3.04. The SMILES string of the molecule is COC(=O)C#Cc1nc(C)c(C)s1. The minimum atomic E-state index is -0.537. The molecule has 0 saturated carbocycles. The number of hydrogen-bond acceptors (Lipinski definition) is 4. The van der Waals surface area contributed by atoms with E-state index in [1.807, 2.05) is 13.8 Å². The van der Waals surface area contributed by atoms with Crippen LogP contribution in [-0.4, -0.2) is 18.1 Å². The first-order valence-electron chi connectivity index (χ1n) is 3.67. The molecule has 0 atom stereocenters. The van der Waals surface area contributed by atoms with E-state index in [9.17, 15) is 4.79 Å². The summed E-state index contributed by atoms with van der Waals surface area (Å²) in [4.78, 5) is 15.9. The number of aryl methyl sites for hydroxylation is 2. The Balaban J connectivity index is 2.84. The number of carbonyl (C=O) groups excluding carboxylic acids is 1. The zero-order chi connectivity index (χ0) is 9.84. The van der Waals surface area contributed by atoms with Crippen LogP contribution in [0.2, 0.25) is 0 Å². The van der Waals surface area contributed by atoms with E-state index in [1.54, 1.807) is 0 Å². The fraction of sp³-hybridized carbons (Fsp3) is 0.333. The van der Waals surface area contributed by atoms with Crippen molar-refractivity contribution in [1.29, 1.82) is 0 Å². The van der Waals surface area contributed by atoms with Crippen molar-refractivity contribution in [2.75, 3.05) is 7.11 Å². The maximum atomic E-state index is 10.7. The highest BCUT2D eigenvalue weighted by Crippen LogP contribution is 2.14. The van der Waals surface area contributed by atoms with Crippen LogP contribution in [0, 0.1) is 25.7 Å². The van der Waals surface area contributed by atoms with E-state index in [4.69, 9.17) is 0 Å². The molecule has 68 valence electrons. The predicted octanol–water partition coefficient (Wildman–Crippen LogP) is 1.28. The topological polar surface area (TPSA) is 39.2 Å². The highest BCUT2D eigenvalue weighted by molar-refractivity contribution is 7.12. The third-order valence-corrected chi connectivity index (χ3v) is 2.47. The molecule has 0 unspecified atom stereocenters. The Bertz CT molecular complexity index is 365. The second kappa shape index (κ2) is 4.06. The van der Waals surface area contributed by atoms with Crippen molar-refractivity contribution in [3.8, 4) is 11.8 Å². The van der Waals surface area contributed by atoms with Crippen molar-refractivity contribution >= 4 is 17.3 Å². The Hall–Kier alpha value is -1.34. The van der Waals surface area contributed by atoms with Gasteiger partial charge < -0.3 is 4.74 Å². The molecule has 1 aromatic rings. The van der Waals surface area contributed by atoms with Crippen molar-refractivity contribution in [1.82, 2.24) is 4.98 Å². The molecular formula is C9H9NO2S. The molecule has 1 heterocycles. The van der Waals surface area contributed by atoms with Gasteiger partial charge >= 0.3 is 5.97 Å². The van der Waals surface area contributed by atoms with Crippen molar-refractivity contribution in [3.63, 3.8) is 0 Å². The molecule has 0 radical (unpaired) electrons. The molecule has 0 bridgehead atoms. The minimum Gasteiger partial charge on any atom is -0.459 e. The van der Waals surface area contributed by atoms with Crippen LogP contribution < -0.4 is 0 Å². The standard InChI is InChI=1S/C9H9NO2S/c1-6-7(2)13-8(10-6)4-5-9(11)12-3/h1-3H3. The molecule has 0 amide bonds. The number of carbonyl (C=O) groups is 1. The molecule has 0 aromatic carbocycles. The van der Waals surface area contributed by atoms with E-state index >= 15 is 0 Å². The largest absolute Gasteiger partial charge is 0.459 e. The minimum absolute atomic E-state index is 0.537. The van der Waals surface area contributed by atoms with Crippen molar-refractivity contribution in [2.24, 2.45) is 0 Å². The van der Waals surface area contributed by atoms with Gasteiger partial charge in [-0.15, -0.1) is 11.3 Å². The molecule has 0 fully saturated rings. The molecule has 1 aromatic heterocycles. The molecule has 1 rings (SSSR count). The average Bonchev–Trinajstić information content (AvgIpc) is 2.42. The second-order valence-corrected chi connectivity index (χ2v) is 3.61. The highest BCUT2D eigenvalue weighted by Gasteiger charge is 2.00. The lowest BCUT2D eigenvalue weighted by Gasteiger charge is -1.82. The summed E-state index contributed by atoms with van der Waals surface area (Å²) in [6, 6.07) is 0. The Morgan fingerprint density at radius 1 is 1.54 bits per heavy atom. The number of hydrogen-bond donors (Lipinski definition) is 0. The number of methoxy groups -OCH3 is 1. The van der Waals surface area contributed by atoms with Gasteiger partial charge in [-0.25, -0.2) is 9.78 Å². The normalized spacial score (nSPS) is 8.85. The fourth-order valence-corrected chi connectivity index (χ4v) is 1.45. The number of rotatable bonds is 0. The smallest absolute Gasteiger partial charge is 0.384 e. The molecule has 0 N–H and O–H groups in total. The van der Waals surface area contributed by atoms with Gasteiger partial charge in [-0.1, -0.05) is 0 Å². The molecule has 3 nitrogen and oxygen atoms in total. The molecule has 0 saturated heterocycles. The van der Waals surface area contributed by atoms with Crippen LogP contribution in [0.25, 0.3) is 0 Å². The van der Waals surface area contributed by atoms with E-state index < -0.39 is 5.97 Å². The Morgan fingerprint density at radius 2 is 2.23 bits per heavy atom. The molecular weight excluding hydrogens is 186 g/mol. The first-order valence-corrected chi connectivity index (χ1v) is 4.49. The van der Waals surface area contributed by atoms with Crippen LogP contribution in [0.15, 0.2) is 0 Å². The summed E-state index contributed by atoms with van der Waals surface area (Å²) in [7, 11) is 1.30.